The van der Waals surface area contributed by atoms with Gasteiger partial charge in [-0.2, -0.15) is 0 Å². The molecule has 0 aromatic carbocycles. The van der Waals surface area contributed by atoms with Gasteiger partial charge in [-0.3, -0.25) is 4.79 Å². The van der Waals surface area contributed by atoms with Gasteiger partial charge in [0.05, 0.1) is 6.54 Å². The first-order valence-electron chi connectivity index (χ1n) is 5.81. The molecule has 3 N–H and O–H groups in total. The van der Waals surface area contributed by atoms with Gasteiger partial charge in [-0.25, -0.2) is 0 Å². The van der Waals surface area contributed by atoms with Gasteiger partial charge in [0, 0.05) is 21.2 Å². The van der Waals surface area contributed by atoms with Gasteiger partial charge in [-0.15, -0.1) is 11.3 Å². The highest BCUT2D eigenvalue weighted by Crippen LogP contribution is 2.19. The van der Waals surface area contributed by atoms with E-state index in [1.54, 1.807) is 11.3 Å². The summed E-state index contributed by atoms with van der Waals surface area (Å²) in [5.74, 6) is 0.653. The van der Waals surface area contributed by atoms with Crippen molar-refractivity contribution in [1.82, 2.24) is 5.32 Å². The van der Waals surface area contributed by atoms with Crippen LogP contribution in [0.3, 0.4) is 0 Å². The normalized spacial score (nSPS) is 12.4. The van der Waals surface area contributed by atoms with E-state index in [2.05, 4.69) is 28.2 Å². The Labute approximate surface area is 115 Å². The fourth-order valence-corrected chi connectivity index (χ4v) is 2.92. The molecule has 1 heterocycles. The number of nitrogens with one attached hydrogen (secondary N) is 1. The Kier molecular flexibility index (Phi) is 6.77. The fourth-order valence-electron chi connectivity index (χ4n) is 1.53. The van der Waals surface area contributed by atoms with Crippen LogP contribution in [-0.4, -0.2) is 12.5 Å². The van der Waals surface area contributed by atoms with Gasteiger partial charge >= 0.3 is 0 Å². The molecule has 17 heavy (non-hydrogen) atoms. The van der Waals surface area contributed by atoms with Gasteiger partial charge in [0.15, 0.2) is 0 Å². The average Bonchev–Trinajstić information content (AvgIpc) is 2.70. The smallest absolute Gasteiger partial charge is 0.220 e. The number of amides is 1. The van der Waals surface area contributed by atoms with Crippen LogP contribution in [0.5, 0.6) is 0 Å². The summed E-state index contributed by atoms with van der Waals surface area (Å²) in [4.78, 5) is 12.7. The number of carbonyl (C=O) groups excluding carboxylic acids is 1. The lowest BCUT2D eigenvalue weighted by Crippen LogP contribution is -2.22. The molecular formula is C12H19BrN2OS. The van der Waals surface area contributed by atoms with Crippen molar-refractivity contribution in [2.45, 2.75) is 32.7 Å². The minimum Gasteiger partial charge on any atom is -0.351 e. The van der Waals surface area contributed by atoms with Gasteiger partial charge < -0.3 is 11.1 Å². The molecule has 0 saturated carbocycles. The Morgan fingerprint density at radius 2 is 2.35 bits per heavy atom. The molecule has 0 fully saturated rings. The second-order valence-corrected chi connectivity index (χ2v) is 6.14. The van der Waals surface area contributed by atoms with Crippen LogP contribution < -0.4 is 11.1 Å². The number of carbonyl (C=O) groups is 1. The van der Waals surface area contributed by atoms with Crippen LogP contribution in [0.1, 0.15) is 31.1 Å². The van der Waals surface area contributed by atoms with Crippen LogP contribution in [0.15, 0.2) is 15.9 Å². The van der Waals surface area contributed by atoms with Crippen molar-refractivity contribution in [3.8, 4) is 0 Å². The first kappa shape index (κ1) is 14.7. The topological polar surface area (TPSA) is 55.1 Å². The minimum atomic E-state index is 0.124. The third kappa shape index (κ3) is 6.19. The molecule has 3 nitrogen and oxygen atoms in total. The molecule has 1 aromatic heterocycles. The quantitative estimate of drug-likeness (QED) is 0.812. The molecule has 0 aliphatic carbocycles. The predicted octanol–water partition coefficient (Wildman–Crippen LogP) is 2.89. The molecule has 96 valence electrons. The second-order valence-electron chi connectivity index (χ2n) is 4.23. The van der Waals surface area contributed by atoms with Gasteiger partial charge in [0.25, 0.3) is 0 Å². The van der Waals surface area contributed by atoms with Crippen molar-refractivity contribution in [2.75, 3.05) is 6.54 Å². The van der Waals surface area contributed by atoms with Crippen LogP contribution >= 0.6 is 27.3 Å². The van der Waals surface area contributed by atoms with Gasteiger partial charge in [-0.05, 0) is 47.3 Å². The number of hydrogen-bond donors (Lipinski definition) is 2. The first-order valence-corrected chi connectivity index (χ1v) is 7.48. The van der Waals surface area contributed by atoms with Gasteiger partial charge in [0.1, 0.15) is 0 Å². The Bertz CT molecular complexity index is 354. The molecule has 0 spiro atoms. The molecule has 5 heteroatoms. The van der Waals surface area contributed by atoms with E-state index < -0.39 is 0 Å². The van der Waals surface area contributed by atoms with Crippen molar-refractivity contribution >= 4 is 33.2 Å². The Morgan fingerprint density at radius 1 is 1.59 bits per heavy atom. The second kappa shape index (κ2) is 7.84. The third-order valence-electron chi connectivity index (χ3n) is 2.61. The van der Waals surface area contributed by atoms with E-state index in [1.807, 2.05) is 11.4 Å². The van der Waals surface area contributed by atoms with Crippen LogP contribution in [0, 0.1) is 5.92 Å². The maximum Gasteiger partial charge on any atom is 0.220 e. The summed E-state index contributed by atoms with van der Waals surface area (Å²) in [5.41, 5.74) is 5.47. The Morgan fingerprint density at radius 3 is 2.94 bits per heavy atom. The fraction of sp³-hybridized carbons (Fsp3) is 0.583. The minimum absolute atomic E-state index is 0.124. The van der Waals surface area contributed by atoms with Crippen molar-refractivity contribution in [2.24, 2.45) is 11.7 Å². The van der Waals surface area contributed by atoms with Crippen molar-refractivity contribution in [1.29, 1.82) is 0 Å². The highest BCUT2D eigenvalue weighted by Gasteiger charge is 2.06. The zero-order valence-electron chi connectivity index (χ0n) is 10.0. The zero-order valence-corrected chi connectivity index (χ0v) is 12.4. The molecular weight excluding hydrogens is 300 g/mol. The van der Waals surface area contributed by atoms with Gasteiger partial charge in [-0.1, -0.05) is 6.92 Å². The molecule has 1 aromatic rings. The van der Waals surface area contributed by atoms with E-state index in [1.165, 1.54) is 4.88 Å². The van der Waals surface area contributed by atoms with Crippen molar-refractivity contribution in [3.05, 3.63) is 20.8 Å². The molecule has 0 aliphatic heterocycles. The standard InChI is InChI=1S/C12H19BrN2OS/c1-9(4-5-14)2-3-12(16)15-7-11-6-10(13)8-17-11/h6,8-9H,2-5,7,14H2,1H3,(H,15,16). The summed E-state index contributed by atoms with van der Waals surface area (Å²) >= 11 is 5.04. The van der Waals surface area contributed by atoms with Gasteiger partial charge in [0.2, 0.25) is 5.91 Å². The molecule has 0 saturated heterocycles. The van der Waals surface area contributed by atoms with E-state index in [-0.39, 0.29) is 5.91 Å². The van der Waals surface area contributed by atoms with Crippen LogP contribution in [0.2, 0.25) is 0 Å². The van der Waals surface area contributed by atoms with Crippen LogP contribution in [0.25, 0.3) is 0 Å². The molecule has 0 aliphatic rings. The lowest BCUT2D eigenvalue weighted by Gasteiger charge is -2.09. The summed E-state index contributed by atoms with van der Waals surface area (Å²) < 4.78 is 1.07. The largest absolute Gasteiger partial charge is 0.351 e. The molecule has 1 atom stereocenters. The Balaban J connectivity index is 2.17. The summed E-state index contributed by atoms with van der Waals surface area (Å²) in [7, 11) is 0. The van der Waals surface area contributed by atoms with E-state index in [0.717, 1.165) is 17.3 Å². The zero-order chi connectivity index (χ0) is 12.7. The number of halogens is 1. The average molecular weight is 319 g/mol. The summed E-state index contributed by atoms with van der Waals surface area (Å²) in [5, 5.41) is 4.95. The SMILES string of the molecule is CC(CCN)CCC(=O)NCc1cc(Br)cs1. The van der Waals surface area contributed by atoms with E-state index in [4.69, 9.17) is 5.73 Å². The lowest BCUT2D eigenvalue weighted by molar-refractivity contribution is -0.121. The maximum atomic E-state index is 11.6. The van der Waals surface area contributed by atoms with Crippen LogP contribution in [0.4, 0.5) is 0 Å². The monoisotopic (exact) mass is 318 g/mol. The van der Waals surface area contributed by atoms with E-state index >= 15 is 0 Å². The highest BCUT2D eigenvalue weighted by molar-refractivity contribution is 9.10. The molecule has 0 bridgehead atoms. The lowest BCUT2D eigenvalue weighted by atomic mass is 10.0. The van der Waals surface area contributed by atoms with Crippen molar-refractivity contribution < 1.29 is 4.79 Å². The molecule has 0 radical (unpaired) electrons. The summed E-state index contributed by atoms with van der Waals surface area (Å²) in [6, 6.07) is 2.03. The summed E-state index contributed by atoms with van der Waals surface area (Å²) in [6.45, 7) is 3.46. The van der Waals surface area contributed by atoms with Crippen LogP contribution in [-0.2, 0) is 11.3 Å². The number of rotatable bonds is 7. The molecule has 1 rings (SSSR count). The molecule has 1 amide bonds. The van der Waals surface area contributed by atoms with E-state index in [0.29, 0.717) is 25.4 Å². The highest BCUT2D eigenvalue weighted by atomic mass is 79.9. The molecule has 1 unspecified atom stereocenters. The first-order chi connectivity index (χ1) is 8.11. The summed E-state index contributed by atoms with van der Waals surface area (Å²) in [6.07, 6.45) is 2.50. The van der Waals surface area contributed by atoms with Crippen molar-refractivity contribution in [3.63, 3.8) is 0 Å². The number of hydrogen-bond acceptors (Lipinski definition) is 3. The number of thiophene rings is 1. The van der Waals surface area contributed by atoms with E-state index in [9.17, 15) is 4.79 Å². The number of nitrogens with two attached hydrogens (primary N) is 1. The third-order valence-corrected chi connectivity index (χ3v) is 4.30. The Hall–Kier alpha value is -0.390. The predicted molar refractivity (Wildman–Crippen MR) is 75.9 cm³/mol. The maximum absolute atomic E-state index is 11.6.